The van der Waals surface area contributed by atoms with Crippen LogP contribution in [0.4, 0.5) is 5.69 Å². The Morgan fingerprint density at radius 2 is 2.16 bits per heavy atom. The Hall–Kier alpha value is -1.60. The Balaban J connectivity index is 0.00000180. The van der Waals surface area contributed by atoms with Crippen LogP contribution in [-0.4, -0.2) is 19.6 Å². The summed E-state index contributed by atoms with van der Waals surface area (Å²) in [5.74, 6) is -2.03. The average molecular weight is 287 g/mol. The van der Waals surface area contributed by atoms with Gasteiger partial charge in [-0.3, -0.25) is 14.9 Å². The molecule has 8 nitrogen and oxygen atoms in total. The maximum absolute atomic E-state index is 11.1. The van der Waals surface area contributed by atoms with E-state index < -0.39 is 16.7 Å². The fourth-order valence-electron chi connectivity index (χ4n) is 1.54. The number of hydrogen-bond donors (Lipinski definition) is 1. The van der Waals surface area contributed by atoms with Crippen LogP contribution in [0.15, 0.2) is 12.1 Å². The largest absolute Gasteiger partial charge is 1.00 e. The molecule has 0 saturated carbocycles. The number of carbonyl (C=O) groups excluding carboxylic acids is 1. The van der Waals surface area contributed by atoms with Crippen molar-refractivity contribution < 1.29 is 40.7 Å². The van der Waals surface area contributed by atoms with Crippen LogP contribution in [0, 0.1) is 21.4 Å². The molecule has 1 aromatic carbocycles. The number of nitriles is 1. The minimum absolute atomic E-state index is 0. The number of nitrogens with zero attached hydrogens (tertiary/aromatic N) is 4. The van der Waals surface area contributed by atoms with E-state index in [1.807, 2.05) is 0 Å². The third kappa shape index (κ3) is 2.71. The number of non-ortho nitro benzene ring substituents is 1. The summed E-state index contributed by atoms with van der Waals surface area (Å²) in [5.41, 5.74) is 5.34. The predicted molar refractivity (Wildman–Crippen MR) is 62.7 cm³/mol. The summed E-state index contributed by atoms with van der Waals surface area (Å²) in [6, 6.07) is 4.23. The molecule has 0 fully saturated rings. The van der Waals surface area contributed by atoms with Gasteiger partial charge >= 0.3 is 29.6 Å². The molecule has 2 N–H and O–H groups in total. The van der Waals surface area contributed by atoms with Gasteiger partial charge in [0.1, 0.15) is 5.52 Å². The van der Waals surface area contributed by atoms with Gasteiger partial charge in [0.2, 0.25) is 5.91 Å². The van der Waals surface area contributed by atoms with Crippen molar-refractivity contribution in [2.75, 3.05) is 0 Å². The Labute approximate surface area is 134 Å². The summed E-state index contributed by atoms with van der Waals surface area (Å²) in [4.78, 5) is 21.3. The van der Waals surface area contributed by atoms with E-state index in [2.05, 4.69) is 8.75 Å². The van der Waals surface area contributed by atoms with E-state index >= 15 is 0 Å². The van der Waals surface area contributed by atoms with E-state index in [0.717, 1.165) is 11.7 Å². The van der Waals surface area contributed by atoms with Crippen LogP contribution in [0.25, 0.3) is 11.0 Å². The van der Waals surface area contributed by atoms with Crippen molar-refractivity contribution in [2.24, 2.45) is 5.73 Å². The van der Waals surface area contributed by atoms with Crippen molar-refractivity contribution in [1.82, 2.24) is 8.75 Å². The van der Waals surface area contributed by atoms with Crippen molar-refractivity contribution in [1.29, 1.82) is 5.26 Å². The van der Waals surface area contributed by atoms with E-state index in [4.69, 9.17) is 11.0 Å². The van der Waals surface area contributed by atoms with E-state index in [1.165, 1.54) is 12.1 Å². The summed E-state index contributed by atoms with van der Waals surface area (Å²) < 4.78 is 7.68. The number of hydrogen-bond acceptors (Lipinski definition) is 7. The molecule has 0 aliphatic heterocycles. The first-order valence-corrected chi connectivity index (χ1v) is 5.37. The SMILES string of the molecule is N#CC(C(N)=O)c1ccc([N+](=O)[O-])c2nsnc12.[H-].[Na+]. The Morgan fingerprint density at radius 3 is 2.68 bits per heavy atom. The van der Waals surface area contributed by atoms with Crippen molar-refractivity contribution in [3.8, 4) is 6.07 Å². The van der Waals surface area contributed by atoms with Gasteiger partial charge in [-0.1, -0.05) is 0 Å². The topological polar surface area (TPSA) is 136 Å². The van der Waals surface area contributed by atoms with Crippen molar-refractivity contribution in [3.63, 3.8) is 0 Å². The molecular weight excluding hydrogens is 281 g/mol. The van der Waals surface area contributed by atoms with Crippen LogP contribution in [0.3, 0.4) is 0 Å². The molecule has 0 bridgehead atoms. The number of fused-ring (bicyclic) bond motifs is 1. The van der Waals surface area contributed by atoms with E-state index in [9.17, 15) is 14.9 Å². The summed E-state index contributed by atoms with van der Waals surface area (Å²) in [5, 5.41) is 19.7. The van der Waals surface area contributed by atoms with Crippen LogP contribution in [0.2, 0.25) is 0 Å². The third-order valence-corrected chi connectivity index (χ3v) is 2.88. The second-order valence-electron chi connectivity index (χ2n) is 3.36. The number of nitro benzene ring substituents is 1. The Kier molecular flexibility index (Phi) is 4.90. The van der Waals surface area contributed by atoms with Crippen molar-refractivity contribution >= 4 is 34.4 Å². The average Bonchev–Trinajstić information content (AvgIpc) is 2.78. The summed E-state index contributed by atoms with van der Waals surface area (Å²) in [6.07, 6.45) is 0. The molecule has 1 heterocycles. The van der Waals surface area contributed by atoms with Gasteiger partial charge in [-0.05, 0) is 6.07 Å². The Bertz CT molecular complexity index is 700. The van der Waals surface area contributed by atoms with Crippen LogP contribution >= 0.6 is 11.7 Å². The van der Waals surface area contributed by atoms with Gasteiger partial charge in [0, 0.05) is 11.6 Å². The van der Waals surface area contributed by atoms with Crippen LogP contribution in [0.5, 0.6) is 0 Å². The van der Waals surface area contributed by atoms with Crippen LogP contribution in [0.1, 0.15) is 12.9 Å². The second-order valence-corrected chi connectivity index (χ2v) is 3.89. The Morgan fingerprint density at radius 1 is 1.53 bits per heavy atom. The fraction of sp³-hybridized carbons (Fsp3) is 0.111. The number of nitrogens with two attached hydrogens (primary N) is 1. The monoisotopic (exact) mass is 287 g/mol. The fourth-order valence-corrected chi connectivity index (χ4v) is 2.12. The van der Waals surface area contributed by atoms with Gasteiger partial charge < -0.3 is 7.16 Å². The summed E-state index contributed by atoms with van der Waals surface area (Å²) in [7, 11) is 0. The molecule has 92 valence electrons. The predicted octanol–water partition coefficient (Wildman–Crippen LogP) is -2.19. The van der Waals surface area contributed by atoms with Gasteiger partial charge in [0.25, 0.3) is 5.69 Å². The second kappa shape index (κ2) is 6.03. The maximum atomic E-state index is 11.1. The molecule has 10 heteroatoms. The first kappa shape index (κ1) is 15.5. The standard InChI is InChI=1S/C9H5N5O3S.Na.H/c10-3-5(9(11)15)4-1-2-6(14(16)17)8-7(4)12-18-13-8;;/h1-2,5H,(H2,11,15);;/q;+1;-1. The quantitative estimate of drug-likeness (QED) is 0.387. The summed E-state index contributed by atoms with van der Waals surface area (Å²) in [6.45, 7) is 0. The number of primary amides is 1. The van der Waals surface area contributed by atoms with Gasteiger partial charge in [-0.25, -0.2) is 0 Å². The van der Waals surface area contributed by atoms with Crippen molar-refractivity contribution in [3.05, 3.63) is 27.8 Å². The number of amides is 1. The maximum Gasteiger partial charge on any atom is 1.00 e. The van der Waals surface area contributed by atoms with Crippen LogP contribution < -0.4 is 35.3 Å². The van der Waals surface area contributed by atoms with Gasteiger partial charge in [0.15, 0.2) is 11.4 Å². The molecule has 0 spiro atoms. The molecule has 1 amide bonds. The number of aromatic nitrogens is 2. The minimum atomic E-state index is -1.20. The molecule has 0 saturated heterocycles. The zero-order valence-electron chi connectivity index (χ0n) is 10.7. The molecule has 1 atom stereocenters. The number of nitro groups is 1. The molecule has 2 rings (SSSR count). The molecule has 1 aromatic heterocycles. The van der Waals surface area contributed by atoms with Gasteiger partial charge in [-0.15, -0.1) is 0 Å². The zero-order valence-corrected chi connectivity index (χ0v) is 12.5. The molecule has 2 aromatic rings. The minimum Gasteiger partial charge on any atom is -1.00 e. The molecule has 1 unspecified atom stereocenters. The first-order chi connectivity index (χ1) is 8.56. The molecule has 0 aliphatic carbocycles. The number of carbonyl (C=O) groups is 1. The summed E-state index contributed by atoms with van der Waals surface area (Å²) >= 11 is 0.772. The van der Waals surface area contributed by atoms with Crippen molar-refractivity contribution in [2.45, 2.75) is 5.92 Å². The zero-order chi connectivity index (χ0) is 13.3. The van der Waals surface area contributed by atoms with E-state index in [-0.39, 0.29) is 53.3 Å². The van der Waals surface area contributed by atoms with E-state index in [1.54, 1.807) is 6.07 Å². The number of benzene rings is 1. The molecule has 0 radical (unpaired) electrons. The smallest absolute Gasteiger partial charge is 1.00 e. The number of rotatable bonds is 3. The van der Waals surface area contributed by atoms with Crippen LogP contribution in [-0.2, 0) is 4.79 Å². The molecule has 0 aliphatic rings. The molecule has 19 heavy (non-hydrogen) atoms. The molecular formula is C9H6N5NaO3S. The van der Waals surface area contributed by atoms with Gasteiger partial charge in [-0.2, -0.15) is 14.0 Å². The van der Waals surface area contributed by atoms with E-state index in [0.29, 0.717) is 0 Å². The normalized spacial score (nSPS) is 11.3. The first-order valence-electron chi connectivity index (χ1n) is 4.64. The van der Waals surface area contributed by atoms with Gasteiger partial charge in [0.05, 0.1) is 22.7 Å². The third-order valence-electron chi connectivity index (χ3n) is 2.35.